The van der Waals surface area contributed by atoms with Gasteiger partial charge < -0.3 is 10.1 Å². The van der Waals surface area contributed by atoms with Gasteiger partial charge in [0.05, 0.1) is 19.3 Å². The van der Waals surface area contributed by atoms with Crippen LogP contribution >= 0.6 is 0 Å². The van der Waals surface area contributed by atoms with E-state index in [1.165, 1.54) is 19.3 Å². The second kappa shape index (κ2) is 4.19. The Morgan fingerprint density at radius 3 is 2.67 bits per heavy atom. The SMILES string of the molecule is N#CC1(C(=O)NCCC2CCC2)COC1. The van der Waals surface area contributed by atoms with Crippen molar-refractivity contribution in [3.05, 3.63) is 0 Å². The fourth-order valence-electron chi connectivity index (χ4n) is 1.89. The predicted octanol–water partition coefficient (Wildman–Crippen LogP) is 0.833. The topological polar surface area (TPSA) is 62.1 Å². The monoisotopic (exact) mass is 208 g/mol. The highest BCUT2D eigenvalue weighted by molar-refractivity contribution is 5.86. The highest BCUT2D eigenvalue weighted by atomic mass is 16.5. The van der Waals surface area contributed by atoms with Crippen molar-refractivity contribution in [1.82, 2.24) is 5.32 Å². The summed E-state index contributed by atoms with van der Waals surface area (Å²) in [6, 6.07) is 2.04. The molecule has 1 aliphatic heterocycles. The molecule has 1 amide bonds. The van der Waals surface area contributed by atoms with Gasteiger partial charge in [-0.15, -0.1) is 0 Å². The summed E-state index contributed by atoms with van der Waals surface area (Å²) in [6.45, 7) is 1.20. The minimum absolute atomic E-state index is 0.157. The summed E-state index contributed by atoms with van der Waals surface area (Å²) in [6.07, 6.45) is 4.97. The highest BCUT2D eigenvalue weighted by Gasteiger charge is 2.46. The van der Waals surface area contributed by atoms with E-state index in [2.05, 4.69) is 5.32 Å². The summed E-state index contributed by atoms with van der Waals surface area (Å²) >= 11 is 0. The Morgan fingerprint density at radius 2 is 2.27 bits per heavy atom. The minimum atomic E-state index is -0.889. The van der Waals surface area contributed by atoms with E-state index in [4.69, 9.17) is 10.00 Å². The van der Waals surface area contributed by atoms with Crippen molar-refractivity contribution in [3.8, 4) is 6.07 Å². The zero-order valence-electron chi connectivity index (χ0n) is 8.79. The maximum absolute atomic E-state index is 11.7. The fourth-order valence-corrected chi connectivity index (χ4v) is 1.89. The summed E-state index contributed by atoms with van der Waals surface area (Å²) in [4.78, 5) is 11.7. The molecule has 0 spiro atoms. The van der Waals surface area contributed by atoms with Crippen LogP contribution in [0.25, 0.3) is 0 Å². The van der Waals surface area contributed by atoms with E-state index in [1.54, 1.807) is 0 Å². The van der Waals surface area contributed by atoms with Crippen LogP contribution < -0.4 is 5.32 Å². The standard InChI is InChI=1S/C11H16N2O2/c12-6-11(7-15-8-11)10(14)13-5-4-9-2-1-3-9/h9H,1-5,7-8H2,(H,13,14). The van der Waals surface area contributed by atoms with Gasteiger partial charge in [0.2, 0.25) is 5.91 Å². The van der Waals surface area contributed by atoms with Crippen LogP contribution in [0.15, 0.2) is 0 Å². The van der Waals surface area contributed by atoms with Gasteiger partial charge in [-0.05, 0) is 12.3 Å². The quantitative estimate of drug-likeness (QED) is 0.744. The van der Waals surface area contributed by atoms with E-state index < -0.39 is 5.41 Å². The lowest BCUT2D eigenvalue weighted by molar-refractivity contribution is -0.150. The van der Waals surface area contributed by atoms with Crippen LogP contribution in [0, 0.1) is 22.7 Å². The number of nitriles is 1. The first kappa shape index (κ1) is 10.4. The van der Waals surface area contributed by atoms with Gasteiger partial charge in [-0.1, -0.05) is 19.3 Å². The molecule has 1 aliphatic carbocycles. The number of hydrogen-bond donors (Lipinski definition) is 1. The molecule has 0 unspecified atom stereocenters. The molecule has 82 valence electrons. The maximum atomic E-state index is 11.7. The Balaban J connectivity index is 1.69. The third-order valence-electron chi connectivity index (χ3n) is 3.41. The molecule has 0 aromatic rings. The molecule has 0 atom stereocenters. The van der Waals surface area contributed by atoms with Gasteiger partial charge in [0, 0.05) is 6.54 Å². The third-order valence-corrected chi connectivity index (χ3v) is 3.41. The molecular weight excluding hydrogens is 192 g/mol. The third kappa shape index (κ3) is 1.98. The highest BCUT2D eigenvalue weighted by Crippen LogP contribution is 2.29. The molecule has 2 fully saturated rings. The second-order valence-corrected chi connectivity index (χ2v) is 4.53. The summed E-state index contributed by atoms with van der Waals surface area (Å²) in [5.41, 5.74) is -0.889. The number of carbonyl (C=O) groups is 1. The number of amides is 1. The number of ether oxygens (including phenoxy) is 1. The van der Waals surface area contributed by atoms with Gasteiger partial charge in [-0.3, -0.25) is 4.79 Å². The Kier molecular flexibility index (Phi) is 2.92. The van der Waals surface area contributed by atoms with Gasteiger partial charge in [-0.25, -0.2) is 0 Å². The van der Waals surface area contributed by atoms with Gasteiger partial charge in [0.1, 0.15) is 0 Å². The fraction of sp³-hybridized carbons (Fsp3) is 0.818. The molecule has 0 radical (unpaired) electrons. The van der Waals surface area contributed by atoms with E-state index in [9.17, 15) is 4.79 Å². The molecule has 2 aliphatic rings. The predicted molar refractivity (Wildman–Crippen MR) is 53.8 cm³/mol. The molecule has 2 rings (SSSR count). The smallest absolute Gasteiger partial charge is 0.245 e. The number of nitrogens with zero attached hydrogens (tertiary/aromatic N) is 1. The van der Waals surface area contributed by atoms with Crippen LogP contribution in [0.2, 0.25) is 0 Å². The van der Waals surface area contributed by atoms with E-state index in [1.807, 2.05) is 6.07 Å². The van der Waals surface area contributed by atoms with E-state index in [-0.39, 0.29) is 19.1 Å². The van der Waals surface area contributed by atoms with Crippen LogP contribution in [-0.4, -0.2) is 25.7 Å². The molecule has 0 aromatic carbocycles. The summed E-state index contributed by atoms with van der Waals surface area (Å²) < 4.78 is 4.93. The molecule has 4 heteroatoms. The Bertz CT molecular complexity index is 287. The van der Waals surface area contributed by atoms with Gasteiger partial charge in [0.15, 0.2) is 5.41 Å². The first-order valence-electron chi connectivity index (χ1n) is 5.54. The summed E-state index contributed by atoms with van der Waals surface area (Å²) in [5.74, 6) is 0.636. The van der Waals surface area contributed by atoms with Crippen molar-refractivity contribution in [2.75, 3.05) is 19.8 Å². The zero-order chi connectivity index (χ0) is 10.7. The summed E-state index contributed by atoms with van der Waals surface area (Å²) in [7, 11) is 0. The Hall–Kier alpha value is -1.08. The first-order valence-corrected chi connectivity index (χ1v) is 5.54. The zero-order valence-corrected chi connectivity index (χ0v) is 8.79. The number of hydrogen-bond acceptors (Lipinski definition) is 3. The molecular formula is C11H16N2O2. The van der Waals surface area contributed by atoms with Gasteiger partial charge >= 0.3 is 0 Å². The molecule has 1 saturated heterocycles. The molecule has 15 heavy (non-hydrogen) atoms. The largest absolute Gasteiger partial charge is 0.377 e. The molecule has 1 saturated carbocycles. The van der Waals surface area contributed by atoms with Crippen molar-refractivity contribution in [1.29, 1.82) is 5.26 Å². The van der Waals surface area contributed by atoms with Crippen molar-refractivity contribution >= 4 is 5.91 Å². The van der Waals surface area contributed by atoms with Crippen LogP contribution in [0.4, 0.5) is 0 Å². The Morgan fingerprint density at radius 1 is 1.53 bits per heavy atom. The van der Waals surface area contributed by atoms with Crippen LogP contribution in [0.5, 0.6) is 0 Å². The average molecular weight is 208 g/mol. The van der Waals surface area contributed by atoms with Crippen molar-refractivity contribution in [3.63, 3.8) is 0 Å². The van der Waals surface area contributed by atoms with Crippen molar-refractivity contribution in [2.45, 2.75) is 25.7 Å². The van der Waals surface area contributed by atoms with E-state index in [0.717, 1.165) is 12.3 Å². The lowest BCUT2D eigenvalue weighted by Gasteiger charge is -2.33. The second-order valence-electron chi connectivity index (χ2n) is 4.53. The average Bonchev–Trinajstić information content (AvgIpc) is 2.08. The van der Waals surface area contributed by atoms with Crippen LogP contribution in [-0.2, 0) is 9.53 Å². The summed E-state index contributed by atoms with van der Waals surface area (Å²) in [5, 5.41) is 11.7. The minimum Gasteiger partial charge on any atom is -0.377 e. The first-order chi connectivity index (χ1) is 7.27. The van der Waals surface area contributed by atoms with E-state index in [0.29, 0.717) is 6.54 Å². The van der Waals surface area contributed by atoms with Crippen LogP contribution in [0.3, 0.4) is 0 Å². The molecule has 0 bridgehead atoms. The van der Waals surface area contributed by atoms with Crippen molar-refractivity contribution in [2.24, 2.45) is 11.3 Å². The van der Waals surface area contributed by atoms with Crippen molar-refractivity contribution < 1.29 is 9.53 Å². The molecule has 4 nitrogen and oxygen atoms in total. The van der Waals surface area contributed by atoms with Gasteiger partial charge in [-0.2, -0.15) is 5.26 Å². The van der Waals surface area contributed by atoms with Crippen LogP contribution in [0.1, 0.15) is 25.7 Å². The number of rotatable bonds is 4. The number of nitrogens with one attached hydrogen (secondary N) is 1. The molecule has 1 heterocycles. The number of carbonyl (C=O) groups excluding carboxylic acids is 1. The Labute approximate surface area is 89.6 Å². The molecule has 1 N–H and O–H groups in total. The van der Waals surface area contributed by atoms with Gasteiger partial charge in [0.25, 0.3) is 0 Å². The van der Waals surface area contributed by atoms with E-state index >= 15 is 0 Å². The maximum Gasteiger partial charge on any atom is 0.245 e. The molecule has 0 aromatic heterocycles. The lowest BCUT2D eigenvalue weighted by Crippen LogP contribution is -2.53. The lowest BCUT2D eigenvalue weighted by atomic mass is 9.82. The normalized spacial score (nSPS) is 23.4.